The van der Waals surface area contributed by atoms with Crippen LogP contribution in [0.1, 0.15) is 25.5 Å². The van der Waals surface area contributed by atoms with Gasteiger partial charge in [-0.1, -0.05) is 0 Å². The van der Waals surface area contributed by atoms with E-state index >= 15 is 0 Å². The zero-order valence-electron chi connectivity index (χ0n) is 12.9. The topological polar surface area (TPSA) is 46.8 Å². The van der Waals surface area contributed by atoms with Crippen molar-refractivity contribution in [3.05, 3.63) is 30.5 Å². The lowest BCUT2D eigenvalue weighted by molar-refractivity contribution is 0.208. The molecule has 1 saturated heterocycles. The van der Waals surface area contributed by atoms with E-state index in [1.165, 1.54) is 19.4 Å². The van der Waals surface area contributed by atoms with Gasteiger partial charge in [0.25, 0.3) is 0 Å². The number of likely N-dealkylation sites (tertiary alicyclic amines) is 1. The highest BCUT2D eigenvalue weighted by Crippen LogP contribution is 2.25. The number of aromatic nitrogens is 4. The maximum Gasteiger partial charge on any atom is 0.0948 e. The van der Waals surface area contributed by atoms with Crippen LogP contribution in [0.3, 0.4) is 0 Å². The molecule has 1 atom stereocenters. The molecule has 0 saturated carbocycles. The Morgan fingerprint density at radius 1 is 1.29 bits per heavy atom. The van der Waals surface area contributed by atoms with Gasteiger partial charge in [0.15, 0.2) is 0 Å². The van der Waals surface area contributed by atoms with E-state index in [0.29, 0.717) is 5.92 Å². The number of aryl methyl sites for hydroxylation is 1. The largest absolute Gasteiger partial charge is 0.306 e. The number of hydrogen-bond donors (Lipinski definition) is 0. The molecule has 1 aliphatic rings. The van der Waals surface area contributed by atoms with Gasteiger partial charge in [-0.15, -0.1) is 0 Å². The standard InChI is InChI=1S/C16H23N5/c1-3-21-12-14(10-19-21)16-15(17-6-7-18-16)9-13-5-4-8-20(2)11-13/h6-7,10,12-13H,3-5,8-9,11H2,1-2H3/t13-/m1/s1. The van der Waals surface area contributed by atoms with E-state index in [2.05, 4.69) is 40.1 Å². The molecule has 0 radical (unpaired) electrons. The molecule has 0 aromatic carbocycles. The van der Waals surface area contributed by atoms with Crippen LogP contribution in [-0.4, -0.2) is 44.8 Å². The van der Waals surface area contributed by atoms with Crippen molar-refractivity contribution in [2.24, 2.45) is 5.92 Å². The van der Waals surface area contributed by atoms with E-state index in [0.717, 1.165) is 36.5 Å². The molecule has 5 nitrogen and oxygen atoms in total. The molecular formula is C16H23N5. The molecule has 0 spiro atoms. The minimum atomic E-state index is 0.681. The quantitative estimate of drug-likeness (QED) is 0.864. The summed E-state index contributed by atoms with van der Waals surface area (Å²) in [5.74, 6) is 0.681. The lowest BCUT2D eigenvalue weighted by Crippen LogP contribution is -2.33. The number of rotatable bonds is 4. The van der Waals surface area contributed by atoms with Crippen molar-refractivity contribution in [1.29, 1.82) is 0 Å². The van der Waals surface area contributed by atoms with Gasteiger partial charge in [-0.2, -0.15) is 5.10 Å². The minimum absolute atomic E-state index is 0.681. The van der Waals surface area contributed by atoms with Crippen LogP contribution in [0.5, 0.6) is 0 Å². The second-order valence-electron chi connectivity index (χ2n) is 5.91. The molecule has 112 valence electrons. The Balaban J connectivity index is 1.82. The van der Waals surface area contributed by atoms with Crippen molar-refractivity contribution in [3.63, 3.8) is 0 Å². The van der Waals surface area contributed by atoms with Crippen LogP contribution >= 0.6 is 0 Å². The van der Waals surface area contributed by atoms with Crippen molar-refractivity contribution >= 4 is 0 Å². The van der Waals surface area contributed by atoms with Crippen molar-refractivity contribution < 1.29 is 0 Å². The molecule has 2 aromatic heterocycles. The molecule has 3 rings (SSSR count). The summed E-state index contributed by atoms with van der Waals surface area (Å²) in [5.41, 5.74) is 3.17. The number of nitrogens with zero attached hydrogens (tertiary/aromatic N) is 5. The minimum Gasteiger partial charge on any atom is -0.306 e. The summed E-state index contributed by atoms with van der Waals surface area (Å²) in [7, 11) is 2.20. The number of hydrogen-bond acceptors (Lipinski definition) is 4. The Hall–Kier alpha value is -1.75. The Morgan fingerprint density at radius 3 is 2.90 bits per heavy atom. The van der Waals surface area contributed by atoms with Crippen molar-refractivity contribution in [1.82, 2.24) is 24.6 Å². The fourth-order valence-corrected chi connectivity index (χ4v) is 3.13. The third-order valence-electron chi connectivity index (χ3n) is 4.21. The lowest BCUT2D eigenvalue weighted by atomic mass is 9.92. The molecule has 0 aliphatic carbocycles. The molecule has 0 bridgehead atoms. The smallest absolute Gasteiger partial charge is 0.0948 e. The second-order valence-corrected chi connectivity index (χ2v) is 5.91. The van der Waals surface area contributed by atoms with E-state index in [-0.39, 0.29) is 0 Å². The highest BCUT2D eigenvalue weighted by molar-refractivity contribution is 5.59. The lowest BCUT2D eigenvalue weighted by Gasteiger charge is -2.29. The molecule has 2 aromatic rings. The second kappa shape index (κ2) is 6.35. The monoisotopic (exact) mass is 285 g/mol. The first-order valence-electron chi connectivity index (χ1n) is 7.77. The van der Waals surface area contributed by atoms with Crippen LogP contribution in [0.15, 0.2) is 24.8 Å². The third-order valence-corrected chi connectivity index (χ3v) is 4.21. The highest BCUT2D eigenvalue weighted by atomic mass is 15.3. The molecule has 0 amide bonds. The van der Waals surface area contributed by atoms with Gasteiger partial charge in [0.2, 0.25) is 0 Å². The van der Waals surface area contributed by atoms with E-state index in [1.54, 1.807) is 12.4 Å². The molecular weight excluding hydrogens is 262 g/mol. The first kappa shape index (κ1) is 14.2. The zero-order chi connectivity index (χ0) is 14.7. The fraction of sp³-hybridized carbons (Fsp3) is 0.562. The van der Waals surface area contributed by atoms with Crippen molar-refractivity contribution in [2.45, 2.75) is 32.7 Å². The summed E-state index contributed by atoms with van der Waals surface area (Å²) < 4.78 is 1.93. The molecule has 1 fully saturated rings. The Bertz CT molecular complexity index is 592. The van der Waals surface area contributed by atoms with Crippen LogP contribution in [0.2, 0.25) is 0 Å². The van der Waals surface area contributed by atoms with Crippen LogP contribution in [0.25, 0.3) is 11.3 Å². The van der Waals surface area contributed by atoms with Crippen molar-refractivity contribution in [3.8, 4) is 11.3 Å². The average Bonchev–Trinajstić information content (AvgIpc) is 2.97. The van der Waals surface area contributed by atoms with Gasteiger partial charge >= 0.3 is 0 Å². The third kappa shape index (κ3) is 3.29. The van der Waals surface area contributed by atoms with E-state index in [4.69, 9.17) is 0 Å². The van der Waals surface area contributed by atoms with Gasteiger partial charge in [-0.05, 0) is 45.7 Å². The van der Waals surface area contributed by atoms with E-state index < -0.39 is 0 Å². The fourth-order valence-electron chi connectivity index (χ4n) is 3.13. The van der Waals surface area contributed by atoms with E-state index in [9.17, 15) is 0 Å². The molecule has 1 aliphatic heterocycles. The Labute approximate surface area is 126 Å². The molecule has 3 heterocycles. The first-order valence-corrected chi connectivity index (χ1v) is 7.77. The van der Waals surface area contributed by atoms with Gasteiger partial charge in [0, 0.05) is 37.2 Å². The summed E-state index contributed by atoms with van der Waals surface area (Å²) in [6.07, 6.45) is 11.1. The van der Waals surface area contributed by atoms with Gasteiger partial charge in [-0.3, -0.25) is 14.6 Å². The van der Waals surface area contributed by atoms with Gasteiger partial charge < -0.3 is 4.90 Å². The van der Waals surface area contributed by atoms with Gasteiger partial charge in [0.1, 0.15) is 0 Å². The summed E-state index contributed by atoms with van der Waals surface area (Å²) in [5, 5.41) is 4.35. The molecule has 5 heteroatoms. The molecule has 0 unspecified atom stereocenters. The summed E-state index contributed by atoms with van der Waals surface area (Å²) in [4.78, 5) is 11.6. The normalized spacial score (nSPS) is 19.8. The highest BCUT2D eigenvalue weighted by Gasteiger charge is 2.20. The van der Waals surface area contributed by atoms with Crippen LogP contribution < -0.4 is 0 Å². The molecule has 0 N–H and O–H groups in total. The van der Waals surface area contributed by atoms with Gasteiger partial charge in [-0.25, -0.2) is 0 Å². The van der Waals surface area contributed by atoms with Crippen LogP contribution in [-0.2, 0) is 13.0 Å². The maximum atomic E-state index is 4.59. The predicted octanol–water partition coefficient (Wildman–Crippen LogP) is 2.24. The van der Waals surface area contributed by atoms with Crippen molar-refractivity contribution in [2.75, 3.05) is 20.1 Å². The zero-order valence-corrected chi connectivity index (χ0v) is 12.9. The summed E-state index contributed by atoms with van der Waals surface area (Å²) >= 11 is 0. The molecule has 21 heavy (non-hydrogen) atoms. The van der Waals surface area contributed by atoms with Crippen LogP contribution in [0.4, 0.5) is 0 Å². The van der Waals surface area contributed by atoms with Gasteiger partial charge in [0.05, 0.1) is 17.6 Å². The predicted molar refractivity (Wildman–Crippen MR) is 82.9 cm³/mol. The SMILES string of the molecule is CCn1cc(-c2nccnc2C[C@H]2CCCN(C)C2)cn1. The first-order chi connectivity index (χ1) is 10.3. The maximum absolute atomic E-state index is 4.59. The number of piperidine rings is 1. The Kier molecular flexibility index (Phi) is 4.29. The summed E-state index contributed by atoms with van der Waals surface area (Å²) in [6.45, 7) is 5.34. The van der Waals surface area contributed by atoms with E-state index in [1.807, 2.05) is 10.9 Å². The van der Waals surface area contributed by atoms with Crippen LogP contribution in [0, 0.1) is 5.92 Å². The average molecular weight is 285 g/mol. The Morgan fingerprint density at radius 2 is 2.14 bits per heavy atom. The summed E-state index contributed by atoms with van der Waals surface area (Å²) in [6, 6.07) is 0.